The zero-order chi connectivity index (χ0) is 19.6. The lowest BCUT2D eigenvalue weighted by atomic mass is 10.0. The molecule has 4 nitrogen and oxygen atoms in total. The van der Waals surface area contributed by atoms with Gasteiger partial charge in [0.15, 0.2) is 0 Å². The molecule has 1 aromatic carbocycles. The third-order valence-corrected chi connectivity index (χ3v) is 6.17. The van der Waals surface area contributed by atoms with Gasteiger partial charge in [-0.3, -0.25) is 9.59 Å². The first-order valence-electron chi connectivity index (χ1n) is 9.33. The van der Waals surface area contributed by atoms with Gasteiger partial charge in [0.1, 0.15) is 11.9 Å². The molecule has 1 aliphatic heterocycles. The Bertz CT molecular complexity index is 823. The van der Waals surface area contributed by atoms with Crippen molar-refractivity contribution < 1.29 is 14.0 Å². The van der Waals surface area contributed by atoms with Gasteiger partial charge in [-0.25, -0.2) is 4.39 Å². The normalized spacial score (nSPS) is 15.2. The Morgan fingerprint density at radius 3 is 2.37 bits per heavy atom. The number of halogens is 1. The van der Waals surface area contributed by atoms with Crippen molar-refractivity contribution in [2.45, 2.75) is 39.7 Å². The van der Waals surface area contributed by atoms with Crippen LogP contribution in [-0.4, -0.2) is 35.8 Å². The van der Waals surface area contributed by atoms with E-state index in [0.29, 0.717) is 4.88 Å². The molecule has 0 bridgehead atoms. The van der Waals surface area contributed by atoms with E-state index in [-0.39, 0.29) is 23.5 Å². The van der Waals surface area contributed by atoms with Gasteiger partial charge < -0.3 is 10.2 Å². The van der Waals surface area contributed by atoms with Gasteiger partial charge in [0, 0.05) is 18.0 Å². The molecule has 27 heavy (non-hydrogen) atoms. The summed E-state index contributed by atoms with van der Waals surface area (Å²) in [6.45, 7) is 7.36. The summed E-state index contributed by atoms with van der Waals surface area (Å²) in [4.78, 5) is 28.9. The largest absolute Gasteiger partial charge is 0.341 e. The number of thiophene rings is 1. The van der Waals surface area contributed by atoms with Crippen molar-refractivity contribution in [1.29, 1.82) is 0 Å². The minimum atomic E-state index is -0.521. The van der Waals surface area contributed by atoms with Gasteiger partial charge in [-0.2, -0.15) is 0 Å². The Hall–Kier alpha value is -2.21. The molecule has 1 aliphatic rings. The van der Waals surface area contributed by atoms with Crippen molar-refractivity contribution in [3.63, 3.8) is 0 Å². The van der Waals surface area contributed by atoms with Crippen molar-refractivity contribution in [3.8, 4) is 10.4 Å². The molecule has 1 fully saturated rings. The van der Waals surface area contributed by atoms with Gasteiger partial charge in [0.2, 0.25) is 5.91 Å². The number of nitrogens with zero attached hydrogens (tertiary/aromatic N) is 1. The molecule has 1 atom stereocenters. The summed E-state index contributed by atoms with van der Waals surface area (Å²) in [6.07, 6.45) is 2.05. The third-order valence-electron chi connectivity index (χ3n) is 4.89. The van der Waals surface area contributed by atoms with Crippen LogP contribution in [0.15, 0.2) is 30.3 Å². The lowest BCUT2D eigenvalue weighted by Crippen LogP contribution is -2.50. The lowest BCUT2D eigenvalue weighted by Gasteiger charge is -2.26. The van der Waals surface area contributed by atoms with Gasteiger partial charge in [0.25, 0.3) is 5.91 Å². The zero-order valence-electron chi connectivity index (χ0n) is 15.9. The topological polar surface area (TPSA) is 49.4 Å². The number of likely N-dealkylation sites (tertiary alicyclic amines) is 1. The van der Waals surface area contributed by atoms with Gasteiger partial charge in [-0.15, -0.1) is 11.3 Å². The molecule has 1 saturated heterocycles. The van der Waals surface area contributed by atoms with E-state index in [0.717, 1.165) is 41.9 Å². The average molecular weight is 389 g/mol. The summed E-state index contributed by atoms with van der Waals surface area (Å²) >= 11 is 1.36. The van der Waals surface area contributed by atoms with Crippen molar-refractivity contribution >= 4 is 23.2 Å². The van der Waals surface area contributed by atoms with E-state index >= 15 is 0 Å². The fraction of sp³-hybridized carbons (Fsp3) is 0.429. The molecule has 6 heteroatoms. The van der Waals surface area contributed by atoms with Crippen LogP contribution in [0.25, 0.3) is 10.4 Å². The van der Waals surface area contributed by atoms with Gasteiger partial charge in [0.05, 0.1) is 4.88 Å². The molecule has 1 aromatic heterocycles. The lowest BCUT2D eigenvalue weighted by molar-refractivity contribution is -0.133. The Balaban J connectivity index is 1.77. The van der Waals surface area contributed by atoms with Gasteiger partial charge >= 0.3 is 0 Å². The monoisotopic (exact) mass is 388 g/mol. The number of nitrogens with one attached hydrogen (secondary N) is 1. The molecular formula is C21H25FN2O2S. The highest BCUT2D eigenvalue weighted by Gasteiger charge is 2.30. The smallest absolute Gasteiger partial charge is 0.262 e. The molecule has 3 rings (SSSR count). The molecule has 2 amide bonds. The van der Waals surface area contributed by atoms with Crippen LogP contribution in [0.2, 0.25) is 0 Å². The third kappa shape index (κ3) is 4.38. The molecule has 0 aliphatic carbocycles. The van der Waals surface area contributed by atoms with E-state index in [1.807, 2.05) is 31.7 Å². The molecule has 1 N–H and O–H groups in total. The molecule has 0 spiro atoms. The zero-order valence-corrected chi connectivity index (χ0v) is 16.7. The van der Waals surface area contributed by atoms with E-state index in [2.05, 4.69) is 5.32 Å². The minimum Gasteiger partial charge on any atom is -0.341 e. The van der Waals surface area contributed by atoms with E-state index < -0.39 is 6.04 Å². The van der Waals surface area contributed by atoms with Gasteiger partial charge in [-0.05, 0) is 55.0 Å². The quantitative estimate of drug-likeness (QED) is 0.833. The molecule has 0 saturated carbocycles. The number of carbonyl (C=O) groups excluding carboxylic acids is 2. The summed E-state index contributed by atoms with van der Waals surface area (Å²) in [5.74, 6) is -0.503. The fourth-order valence-corrected chi connectivity index (χ4v) is 4.42. The molecule has 2 heterocycles. The van der Waals surface area contributed by atoms with Crippen LogP contribution in [-0.2, 0) is 4.79 Å². The van der Waals surface area contributed by atoms with Crippen molar-refractivity contribution in [2.24, 2.45) is 5.92 Å². The molecular weight excluding hydrogens is 363 g/mol. The second-order valence-corrected chi connectivity index (χ2v) is 8.41. The Morgan fingerprint density at radius 2 is 1.78 bits per heavy atom. The van der Waals surface area contributed by atoms with Crippen molar-refractivity contribution in [1.82, 2.24) is 10.2 Å². The average Bonchev–Trinajstić information content (AvgIpc) is 3.29. The highest BCUT2D eigenvalue weighted by Crippen LogP contribution is 2.32. The first kappa shape index (κ1) is 19.5. The molecule has 144 valence electrons. The highest BCUT2D eigenvalue weighted by atomic mass is 32.1. The number of amides is 2. The van der Waals surface area contributed by atoms with E-state index in [4.69, 9.17) is 0 Å². The SMILES string of the molecule is Cc1cc(C(=O)N[C@H](C(=O)N2CCCC2)C(C)C)sc1-c1ccc(F)cc1. The summed E-state index contributed by atoms with van der Waals surface area (Å²) < 4.78 is 13.2. The van der Waals surface area contributed by atoms with Crippen LogP contribution < -0.4 is 5.32 Å². The van der Waals surface area contributed by atoms with Gasteiger partial charge in [-0.1, -0.05) is 26.0 Å². The van der Waals surface area contributed by atoms with Crippen LogP contribution in [0.3, 0.4) is 0 Å². The Labute approximate surface area is 163 Å². The predicted octanol–water partition coefficient (Wildman–Crippen LogP) is 4.24. The second-order valence-electron chi connectivity index (χ2n) is 7.36. The molecule has 0 unspecified atom stereocenters. The van der Waals surface area contributed by atoms with Crippen molar-refractivity contribution in [3.05, 3.63) is 46.6 Å². The summed E-state index contributed by atoms with van der Waals surface area (Å²) in [6, 6.07) is 7.56. The number of rotatable bonds is 5. The maximum atomic E-state index is 13.2. The predicted molar refractivity (Wildman–Crippen MR) is 106 cm³/mol. The van der Waals surface area contributed by atoms with E-state index in [9.17, 15) is 14.0 Å². The first-order valence-corrected chi connectivity index (χ1v) is 10.1. The summed E-state index contributed by atoms with van der Waals surface area (Å²) in [5, 5.41) is 2.93. The maximum absolute atomic E-state index is 13.2. The number of aryl methyl sites for hydroxylation is 1. The highest BCUT2D eigenvalue weighted by molar-refractivity contribution is 7.17. The standard InChI is InChI=1S/C21H25FN2O2S/c1-13(2)18(21(26)24-10-4-5-11-24)23-20(25)17-12-14(3)19(27-17)15-6-8-16(22)9-7-15/h6-9,12-13,18H,4-5,10-11H2,1-3H3,(H,23,25)/t18-/m0/s1. The van der Waals surface area contributed by atoms with Crippen LogP contribution >= 0.6 is 11.3 Å². The van der Waals surface area contributed by atoms with Crippen LogP contribution in [0.5, 0.6) is 0 Å². The Kier molecular flexibility index (Phi) is 5.95. The molecule has 0 radical (unpaired) electrons. The number of carbonyl (C=O) groups is 2. The minimum absolute atomic E-state index is 0.00267. The van der Waals surface area contributed by atoms with E-state index in [1.165, 1.54) is 23.5 Å². The number of hydrogen-bond donors (Lipinski definition) is 1. The number of hydrogen-bond acceptors (Lipinski definition) is 3. The van der Waals surface area contributed by atoms with Crippen LogP contribution in [0.4, 0.5) is 4.39 Å². The maximum Gasteiger partial charge on any atom is 0.262 e. The second kappa shape index (κ2) is 8.21. The first-order chi connectivity index (χ1) is 12.9. The summed E-state index contributed by atoms with van der Waals surface area (Å²) in [7, 11) is 0. The fourth-order valence-electron chi connectivity index (χ4n) is 3.34. The molecule has 2 aromatic rings. The van der Waals surface area contributed by atoms with Crippen LogP contribution in [0.1, 0.15) is 41.9 Å². The van der Waals surface area contributed by atoms with Crippen LogP contribution in [0, 0.1) is 18.7 Å². The summed E-state index contributed by atoms with van der Waals surface area (Å²) in [5.41, 5.74) is 1.84. The number of benzene rings is 1. The van der Waals surface area contributed by atoms with Crippen molar-refractivity contribution in [2.75, 3.05) is 13.1 Å². The Morgan fingerprint density at radius 1 is 1.15 bits per heavy atom. The van der Waals surface area contributed by atoms with E-state index in [1.54, 1.807) is 12.1 Å².